The largest absolute Gasteiger partial charge is 0.497 e. The van der Waals surface area contributed by atoms with Crippen LogP contribution < -0.4 is 15.6 Å². The molecular formula is C21H27N3O3. The highest BCUT2D eigenvalue weighted by atomic mass is 16.5. The maximum absolute atomic E-state index is 13.0. The second kappa shape index (κ2) is 8.99. The number of nitrogens with zero attached hydrogens (tertiary/aromatic N) is 1. The molecule has 1 heterocycles. The summed E-state index contributed by atoms with van der Waals surface area (Å²) in [6.07, 6.45) is -0.0700. The van der Waals surface area contributed by atoms with Gasteiger partial charge in [-0.1, -0.05) is 42.5 Å². The van der Waals surface area contributed by atoms with Gasteiger partial charge in [0.25, 0.3) is 0 Å². The molecule has 6 nitrogen and oxygen atoms in total. The summed E-state index contributed by atoms with van der Waals surface area (Å²) in [6, 6.07) is 17.2. The fourth-order valence-electron chi connectivity index (χ4n) is 3.43. The predicted molar refractivity (Wildman–Crippen MR) is 104 cm³/mol. The van der Waals surface area contributed by atoms with Crippen LogP contribution in [0.4, 0.5) is 0 Å². The second-order valence-electron chi connectivity index (χ2n) is 6.86. The lowest BCUT2D eigenvalue weighted by molar-refractivity contribution is -0.134. The Morgan fingerprint density at radius 2 is 2.04 bits per heavy atom. The smallest absolute Gasteiger partial charge is 0.228 e. The Morgan fingerprint density at radius 3 is 2.78 bits per heavy atom. The van der Waals surface area contributed by atoms with Crippen LogP contribution in [0.2, 0.25) is 0 Å². The molecule has 3 rings (SSSR count). The number of carbonyl (C=O) groups is 1. The Labute approximate surface area is 160 Å². The van der Waals surface area contributed by atoms with E-state index in [1.54, 1.807) is 19.1 Å². The van der Waals surface area contributed by atoms with E-state index in [0.717, 1.165) is 16.9 Å². The average Bonchev–Trinajstić information content (AvgIpc) is 3.21. The van der Waals surface area contributed by atoms with Crippen LogP contribution in [0.5, 0.6) is 5.75 Å². The molecule has 27 heavy (non-hydrogen) atoms. The van der Waals surface area contributed by atoms with E-state index < -0.39 is 6.10 Å². The van der Waals surface area contributed by atoms with E-state index in [0.29, 0.717) is 19.5 Å². The van der Waals surface area contributed by atoms with Crippen LogP contribution in [0, 0.1) is 5.92 Å². The Bertz CT molecular complexity index is 753. The summed E-state index contributed by atoms with van der Waals surface area (Å²) in [5, 5.41) is 10.3. The lowest BCUT2D eigenvalue weighted by atomic mass is 9.93. The van der Waals surface area contributed by atoms with Gasteiger partial charge in [0, 0.05) is 20.1 Å². The van der Waals surface area contributed by atoms with Crippen LogP contribution in [0.1, 0.15) is 29.7 Å². The number of methoxy groups -OCH3 is 1. The van der Waals surface area contributed by atoms with E-state index in [1.807, 2.05) is 54.6 Å². The van der Waals surface area contributed by atoms with Gasteiger partial charge in [0.05, 0.1) is 25.2 Å². The van der Waals surface area contributed by atoms with E-state index in [2.05, 4.69) is 10.9 Å². The second-order valence-corrected chi connectivity index (χ2v) is 6.86. The van der Waals surface area contributed by atoms with E-state index in [4.69, 9.17) is 4.74 Å². The maximum atomic E-state index is 13.0. The van der Waals surface area contributed by atoms with Gasteiger partial charge in [-0.05, 0) is 29.7 Å². The number of aliphatic hydroxyl groups excluding tert-OH is 1. The molecule has 0 aliphatic carbocycles. The molecule has 6 heteroatoms. The normalized spacial score (nSPS) is 20.3. The van der Waals surface area contributed by atoms with Gasteiger partial charge in [-0.15, -0.1) is 0 Å². The number of amides is 1. The molecule has 0 radical (unpaired) electrons. The molecule has 3 atom stereocenters. The highest BCUT2D eigenvalue weighted by Gasteiger charge is 2.35. The molecule has 0 bridgehead atoms. The fraction of sp³-hybridized carbons (Fsp3) is 0.381. The van der Waals surface area contributed by atoms with Gasteiger partial charge in [-0.3, -0.25) is 10.2 Å². The minimum atomic E-state index is -0.574. The third kappa shape index (κ3) is 4.66. The number of ether oxygens (including phenoxy) is 1. The monoisotopic (exact) mass is 369 g/mol. The predicted octanol–water partition coefficient (Wildman–Crippen LogP) is 2.04. The van der Waals surface area contributed by atoms with Gasteiger partial charge in [0.2, 0.25) is 5.91 Å². The van der Waals surface area contributed by atoms with Crippen LogP contribution in [0.15, 0.2) is 54.6 Å². The topological polar surface area (TPSA) is 73.8 Å². The number of hydrogen-bond donors (Lipinski definition) is 3. The van der Waals surface area contributed by atoms with Crippen LogP contribution in [-0.4, -0.2) is 43.2 Å². The molecule has 1 saturated heterocycles. The van der Waals surface area contributed by atoms with Crippen molar-refractivity contribution < 1.29 is 14.6 Å². The quantitative estimate of drug-likeness (QED) is 0.697. The zero-order valence-electron chi connectivity index (χ0n) is 15.8. The summed E-state index contributed by atoms with van der Waals surface area (Å²) in [4.78, 5) is 14.7. The Kier molecular flexibility index (Phi) is 6.45. The van der Waals surface area contributed by atoms with Crippen LogP contribution in [-0.2, 0) is 4.79 Å². The third-order valence-electron chi connectivity index (χ3n) is 5.05. The Hall–Kier alpha value is -2.41. The molecule has 1 aliphatic rings. The molecule has 3 N–H and O–H groups in total. The molecule has 144 valence electrons. The van der Waals surface area contributed by atoms with Gasteiger partial charge in [0.15, 0.2) is 0 Å². The molecule has 1 fully saturated rings. The van der Waals surface area contributed by atoms with Gasteiger partial charge in [0.1, 0.15) is 5.75 Å². The molecule has 1 aliphatic heterocycles. The first kappa shape index (κ1) is 19.4. The summed E-state index contributed by atoms with van der Waals surface area (Å²) < 4.78 is 5.29. The Morgan fingerprint density at radius 1 is 1.26 bits per heavy atom. The molecule has 2 aromatic rings. The zero-order valence-corrected chi connectivity index (χ0v) is 15.8. The van der Waals surface area contributed by atoms with Crippen molar-refractivity contribution in [2.24, 2.45) is 5.92 Å². The van der Waals surface area contributed by atoms with E-state index in [9.17, 15) is 9.90 Å². The minimum Gasteiger partial charge on any atom is -0.497 e. The van der Waals surface area contributed by atoms with Crippen molar-refractivity contribution in [3.63, 3.8) is 0 Å². The van der Waals surface area contributed by atoms with E-state index in [1.165, 1.54) is 0 Å². The van der Waals surface area contributed by atoms with Crippen molar-refractivity contribution in [1.29, 1.82) is 0 Å². The summed E-state index contributed by atoms with van der Waals surface area (Å²) in [6.45, 7) is 1.06. The highest BCUT2D eigenvalue weighted by molar-refractivity contribution is 5.80. The molecule has 2 aromatic carbocycles. The third-order valence-corrected chi connectivity index (χ3v) is 5.05. The first-order chi connectivity index (χ1) is 13.1. The molecule has 1 amide bonds. The van der Waals surface area contributed by atoms with Crippen LogP contribution in [0.3, 0.4) is 0 Å². The van der Waals surface area contributed by atoms with Crippen molar-refractivity contribution in [1.82, 2.24) is 15.8 Å². The number of aliphatic hydroxyl groups is 1. The average molecular weight is 369 g/mol. The van der Waals surface area contributed by atoms with E-state index in [-0.39, 0.29) is 17.9 Å². The first-order valence-electron chi connectivity index (χ1n) is 9.20. The number of nitrogens with one attached hydrogen (secondary N) is 2. The molecular weight excluding hydrogens is 342 g/mol. The fourth-order valence-corrected chi connectivity index (χ4v) is 3.43. The minimum absolute atomic E-state index is 0.0561. The van der Waals surface area contributed by atoms with Crippen LogP contribution in [0.25, 0.3) is 0 Å². The molecule has 0 spiro atoms. The number of hydrazine groups is 1. The number of rotatable bonds is 7. The number of hydrogen-bond acceptors (Lipinski definition) is 5. The van der Waals surface area contributed by atoms with Crippen molar-refractivity contribution in [3.05, 3.63) is 65.7 Å². The van der Waals surface area contributed by atoms with Crippen molar-refractivity contribution >= 4 is 5.91 Å². The van der Waals surface area contributed by atoms with Gasteiger partial charge in [-0.25, -0.2) is 5.43 Å². The summed E-state index contributed by atoms with van der Waals surface area (Å²) in [5.41, 5.74) is 8.18. The van der Waals surface area contributed by atoms with Crippen LogP contribution >= 0.6 is 0 Å². The van der Waals surface area contributed by atoms with Gasteiger partial charge < -0.3 is 14.7 Å². The summed E-state index contributed by atoms with van der Waals surface area (Å²) in [7, 11) is 3.43. The molecule has 0 saturated carbocycles. The first-order valence-corrected chi connectivity index (χ1v) is 9.20. The lowest BCUT2D eigenvalue weighted by Gasteiger charge is -2.25. The highest BCUT2D eigenvalue weighted by Crippen LogP contribution is 2.29. The lowest BCUT2D eigenvalue weighted by Crippen LogP contribution is -2.37. The van der Waals surface area contributed by atoms with Gasteiger partial charge >= 0.3 is 0 Å². The number of carbonyl (C=O) groups excluding carboxylic acids is 1. The van der Waals surface area contributed by atoms with Crippen molar-refractivity contribution in [3.8, 4) is 5.75 Å². The molecule has 3 unspecified atom stereocenters. The summed E-state index contributed by atoms with van der Waals surface area (Å²) >= 11 is 0. The maximum Gasteiger partial charge on any atom is 0.228 e. The molecule has 0 aromatic heterocycles. The van der Waals surface area contributed by atoms with Crippen molar-refractivity contribution in [2.75, 3.05) is 27.2 Å². The summed E-state index contributed by atoms with van der Waals surface area (Å²) in [5.74, 6) is 0.614. The zero-order chi connectivity index (χ0) is 19.2. The SMILES string of the molecule is COc1cccc(C2NNCC2C(=O)N(C)CCC(O)c2ccccc2)c1. The Balaban J connectivity index is 1.61. The van der Waals surface area contributed by atoms with Crippen molar-refractivity contribution in [2.45, 2.75) is 18.6 Å². The van der Waals surface area contributed by atoms with Gasteiger partial charge in [-0.2, -0.15) is 0 Å². The standard InChI is InChI=1S/C21H27N3O3/c1-24(12-11-19(25)15-7-4-3-5-8-15)21(26)18-14-22-23-20(18)16-9-6-10-17(13-16)27-2/h3-10,13,18-20,22-23,25H,11-12,14H2,1-2H3. The van der Waals surface area contributed by atoms with E-state index >= 15 is 0 Å². The number of benzene rings is 2.